The first kappa shape index (κ1) is 19.8. The zero-order valence-electron chi connectivity index (χ0n) is 16.8. The Morgan fingerprint density at radius 2 is 1.86 bits per heavy atom. The third-order valence-electron chi connectivity index (χ3n) is 4.92. The Balaban J connectivity index is 1.81. The quantitative estimate of drug-likeness (QED) is 0.819. The van der Waals surface area contributed by atoms with Gasteiger partial charge in [-0.3, -0.25) is 9.78 Å². The molecule has 1 atom stereocenters. The van der Waals surface area contributed by atoms with Crippen LogP contribution in [-0.4, -0.2) is 45.3 Å². The first-order valence-corrected chi connectivity index (χ1v) is 9.38. The van der Waals surface area contributed by atoms with Crippen LogP contribution in [0.4, 0.5) is 11.4 Å². The maximum absolute atomic E-state index is 12.8. The molecule has 1 unspecified atom stereocenters. The molecule has 1 amide bonds. The molecule has 28 heavy (non-hydrogen) atoms. The van der Waals surface area contributed by atoms with Gasteiger partial charge >= 0.3 is 0 Å². The number of piperidine rings is 1. The van der Waals surface area contributed by atoms with E-state index in [0.29, 0.717) is 34.5 Å². The van der Waals surface area contributed by atoms with Crippen LogP contribution in [-0.2, 0) is 0 Å². The van der Waals surface area contributed by atoms with Crippen molar-refractivity contribution in [2.45, 2.75) is 19.8 Å². The van der Waals surface area contributed by atoms with Crippen LogP contribution in [0.1, 0.15) is 30.3 Å². The number of carbonyl (C=O) groups is 1. The van der Waals surface area contributed by atoms with E-state index in [1.165, 1.54) is 27.8 Å². The topological polar surface area (TPSA) is 72.9 Å². The summed E-state index contributed by atoms with van der Waals surface area (Å²) in [6.45, 7) is 4.26. The van der Waals surface area contributed by atoms with Gasteiger partial charge in [0.1, 0.15) is 5.69 Å². The van der Waals surface area contributed by atoms with Crippen molar-refractivity contribution in [2.75, 3.05) is 44.6 Å². The SMILES string of the molecule is COc1cc(NC(=O)c2cc(N3CCCC(C)C3)ccn2)cc(OC)c1OC. The predicted octanol–water partition coefficient (Wildman–Crippen LogP) is 3.60. The van der Waals surface area contributed by atoms with E-state index in [4.69, 9.17) is 14.2 Å². The summed E-state index contributed by atoms with van der Waals surface area (Å²) in [5.74, 6) is 1.78. The van der Waals surface area contributed by atoms with Crippen molar-refractivity contribution < 1.29 is 19.0 Å². The molecule has 1 aliphatic rings. The summed E-state index contributed by atoms with van der Waals surface area (Å²) < 4.78 is 16.0. The fraction of sp³-hybridized carbons (Fsp3) is 0.429. The lowest BCUT2D eigenvalue weighted by atomic mass is 10.00. The van der Waals surface area contributed by atoms with Crippen LogP contribution in [0.15, 0.2) is 30.5 Å². The largest absolute Gasteiger partial charge is 0.493 e. The number of nitrogens with one attached hydrogen (secondary N) is 1. The van der Waals surface area contributed by atoms with Crippen molar-refractivity contribution >= 4 is 17.3 Å². The fourth-order valence-electron chi connectivity index (χ4n) is 3.51. The lowest BCUT2D eigenvalue weighted by molar-refractivity contribution is 0.102. The number of ether oxygens (including phenoxy) is 3. The second-order valence-electron chi connectivity index (χ2n) is 6.96. The summed E-state index contributed by atoms with van der Waals surface area (Å²) >= 11 is 0. The van der Waals surface area contributed by atoms with Crippen LogP contribution in [0, 0.1) is 5.92 Å². The van der Waals surface area contributed by atoms with Gasteiger partial charge in [0.05, 0.1) is 21.3 Å². The van der Waals surface area contributed by atoms with Crippen LogP contribution in [0.25, 0.3) is 0 Å². The van der Waals surface area contributed by atoms with Crippen LogP contribution in [0.2, 0.25) is 0 Å². The van der Waals surface area contributed by atoms with Crippen molar-refractivity contribution in [1.82, 2.24) is 4.98 Å². The zero-order valence-corrected chi connectivity index (χ0v) is 16.8. The second-order valence-corrected chi connectivity index (χ2v) is 6.96. The second kappa shape index (κ2) is 8.82. The number of aromatic nitrogens is 1. The maximum Gasteiger partial charge on any atom is 0.274 e. The summed E-state index contributed by atoms with van der Waals surface area (Å²) in [5.41, 5.74) is 1.93. The number of hydrogen-bond donors (Lipinski definition) is 1. The highest BCUT2D eigenvalue weighted by Gasteiger charge is 2.19. The van der Waals surface area contributed by atoms with E-state index in [1.807, 2.05) is 12.1 Å². The summed E-state index contributed by atoms with van der Waals surface area (Å²) in [4.78, 5) is 19.3. The Labute approximate surface area is 165 Å². The van der Waals surface area contributed by atoms with Gasteiger partial charge in [-0.2, -0.15) is 0 Å². The molecule has 1 saturated heterocycles. The van der Waals surface area contributed by atoms with Crippen molar-refractivity contribution in [2.24, 2.45) is 5.92 Å². The highest BCUT2D eigenvalue weighted by Crippen LogP contribution is 2.40. The van der Waals surface area contributed by atoms with Gasteiger partial charge in [0.15, 0.2) is 11.5 Å². The smallest absolute Gasteiger partial charge is 0.274 e. The maximum atomic E-state index is 12.8. The minimum absolute atomic E-state index is 0.291. The first-order chi connectivity index (χ1) is 13.5. The van der Waals surface area contributed by atoms with Crippen LogP contribution in [0.5, 0.6) is 17.2 Å². The monoisotopic (exact) mass is 385 g/mol. The molecule has 2 heterocycles. The highest BCUT2D eigenvalue weighted by atomic mass is 16.5. The molecular weight excluding hydrogens is 358 g/mol. The standard InChI is InChI=1S/C21H27N3O4/c1-14-6-5-9-24(13-14)16-7-8-22-17(12-16)21(25)23-15-10-18(26-2)20(28-4)19(11-15)27-3/h7-8,10-12,14H,5-6,9,13H2,1-4H3,(H,23,25). The van der Waals surface area contributed by atoms with Gasteiger partial charge in [-0.15, -0.1) is 0 Å². The number of nitrogens with zero attached hydrogens (tertiary/aromatic N) is 2. The number of anilines is 2. The third-order valence-corrected chi connectivity index (χ3v) is 4.92. The molecule has 0 aliphatic carbocycles. The molecule has 1 N–H and O–H groups in total. The van der Waals surface area contributed by atoms with Crippen LogP contribution in [0.3, 0.4) is 0 Å². The molecule has 7 heteroatoms. The van der Waals surface area contributed by atoms with Gasteiger partial charge in [0.25, 0.3) is 5.91 Å². The molecule has 150 valence electrons. The number of amides is 1. The zero-order chi connectivity index (χ0) is 20.1. The fourth-order valence-corrected chi connectivity index (χ4v) is 3.51. The molecule has 0 saturated carbocycles. The Hall–Kier alpha value is -2.96. The molecule has 2 aromatic rings. The average Bonchev–Trinajstić information content (AvgIpc) is 2.73. The number of hydrogen-bond acceptors (Lipinski definition) is 6. The van der Waals surface area contributed by atoms with Crippen molar-refractivity contribution in [3.05, 3.63) is 36.2 Å². The number of carbonyl (C=O) groups excluding carboxylic acids is 1. The molecular formula is C21H27N3O4. The van der Waals surface area contributed by atoms with E-state index in [0.717, 1.165) is 25.2 Å². The number of pyridine rings is 1. The van der Waals surface area contributed by atoms with E-state index in [9.17, 15) is 4.79 Å². The predicted molar refractivity (Wildman–Crippen MR) is 109 cm³/mol. The van der Waals surface area contributed by atoms with E-state index in [2.05, 4.69) is 22.1 Å². The molecule has 7 nitrogen and oxygen atoms in total. The van der Waals surface area contributed by atoms with Crippen molar-refractivity contribution in [1.29, 1.82) is 0 Å². The van der Waals surface area contributed by atoms with Gasteiger partial charge in [0.2, 0.25) is 5.75 Å². The van der Waals surface area contributed by atoms with E-state index in [-0.39, 0.29) is 5.91 Å². The first-order valence-electron chi connectivity index (χ1n) is 9.38. The van der Waals surface area contributed by atoms with E-state index in [1.54, 1.807) is 18.3 Å². The molecule has 3 rings (SSSR count). The Morgan fingerprint density at radius 1 is 1.14 bits per heavy atom. The molecule has 1 aromatic heterocycles. The highest BCUT2D eigenvalue weighted by molar-refractivity contribution is 6.03. The number of benzene rings is 1. The normalized spacial score (nSPS) is 16.4. The lowest BCUT2D eigenvalue weighted by Gasteiger charge is -2.32. The van der Waals surface area contributed by atoms with E-state index >= 15 is 0 Å². The minimum Gasteiger partial charge on any atom is -0.493 e. The summed E-state index contributed by atoms with van der Waals surface area (Å²) in [5, 5.41) is 2.86. The molecule has 1 fully saturated rings. The average molecular weight is 385 g/mol. The van der Waals surface area contributed by atoms with Crippen molar-refractivity contribution in [3.8, 4) is 17.2 Å². The van der Waals surface area contributed by atoms with E-state index < -0.39 is 0 Å². The number of methoxy groups -OCH3 is 3. The lowest BCUT2D eigenvalue weighted by Crippen LogP contribution is -2.34. The van der Waals surface area contributed by atoms with Gasteiger partial charge in [-0.05, 0) is 30.9 Å². The van der Waals surface area contributed by atoms with Crippen LogP contribution < -0.4 is 24.4 Å². The molecule has 0 radical (unpaired) electrons. The Kier molecular flexibility index (Phi) is 6.23. The van der Waals surface area contributed by atoms with Crippen LogP contribution >= 0.6 is 0 Å². The molecule has 0 bridgehead atoms. The Morgan fingerprint density at radius 3 is 2.46 bits per heavy atom. The van der Waals surface area contributed by atoms with Gasteiger partial charge < -0.3 is 24.4 Å². The van der Waals surface area contributed by atoms with Gasteiger partial charge in [-0.1, -0.05) is 6.92 Å². The molecule has 0 spiro atoms. The molecule has 1 aliphatic heterocycles. The van der Waals surface area contributed by atoms with Gasteiger partial charge in [0, 0.05) is 42.8 Å². The molecule has 1 aromatic carbocycles. The summed E-state index contributed by atoms with van der Waals surface area (Å²) in [7, 11) is 4.61. The minimum atomic E-state index is -0.291. The summed E-state index contributed by atoms with van der Waals surface area (Å²) in [6.07, 6.45) is 4.09. The summed E-state index contributed by atoms with van der Waals surface area (Å²) in [6, 6.07) is 7.17. The van der Waals surface area contributed by atoms with Gasteiger partial charge in [-0.25, -0.2) is 0 Å². The number of rotatable bonds is 6. The Bertz CT molecular complexity index is 815. The third kappa shape index (κ3) is 4.30. The van der Waals surface area contributed by atoms with Crippen molar-refractivity contribution in [3.63, 3.8) is 0 Å².